The quantitative estimate of drug-likeness (QED) is 0.00716. The zero-order valence-corrected chi connectivity index (χ0v) is 85.4. The third-order valence-electron chi connectivity index (χ3n) is 20.2. The zero-order chi connectivity index (χ0) is 96.2. The number of aromatic amines is 3. The van der Waals surface area contributed by atoms with Crippen molar-refractivity contribution in [2.24, 2.45) is 0 Å². The van der Waals surface area contributed by atoms with Gasteiger partial charge in [-0.1, -0.05) is 128 Å². The van der Waals surface area contributed by atoms with E-state index in [1.165, 1.54) is 37.2 Å². The van der Waals surface area contributed by atoms with Crippen molar-refractivity contribution < 1.29 is 175 Å². The van der Waals surface area contributed by atoms with Gasteiger partial charge in [0.05, 0.1) is 43.5 Å². The van der Waals surface area contributed by atoms with Crippen molar-refractivity contribution >= 4 is 119 Å². The molecule has 17 rings (SSSR count). The van der Waals surface area contributed by atoms with Crippen molar-refractivity contribution in [2.45, 2.75) is 107 Å². The Morgan fingerprint density at radius 3 is 1.15 bits per heavy atom. The summed E-state index contributed by atoms with van der Waals surface area (Å²) in [6.45, 7) is 24.0. The minimum absolute atomic E-state index is 0. The van der Waals surface area contributed by atoms with Gasteiger partial charge in [-0.3, -0.25) is 14.4 Å². The molecule has 4 fully saturated rings. The number of rotatable bonds is 21. The van der Waals surface area contributed by atoms with Gasteiger partial charge in [-0.25, -0.2) is 61.9 Å². The molecule has 0 spiro atoms. The number of aromatic nitrogens is 12. The summed E-state index contributed by atoms with van der Waals surface area (Å²) in [5, 5.41) is 28.2. The fourth-order valence-corrected chi connectivity index (χ4v) is 15.5. The molecular weight excluding hydrogens is 1850 g/mol. The van der Waals surface area contributed by atoms with E-state index in [0.29, 0.717) is 99.8 Å². The number of hydrogen-bond donors (Lipinski definition) is 8. The number of hydrogen-bond acceptors (Lipinski definition) is 28. The Morgan fingerprint density at radius 1 is 0.478 bits per heavy atom. The van der Waals surface area contributed by atoms with Gasteiger partial charge < -0.3 is 96.2 Å². The first-order chi connectivity index (χ1) is 65.8. The van der Waals surface area contributed by atoms with Gasteiger partial charge >= 0.3 is 115 Å². The molecule has 12 heterocycles. The smallest absolute Gasteiger partial charge is 1.00 e. The van der Waals surface area contributed by atoms with E-state index in [1.807, 2.05) is 181 Å². The van der Waals surface area contributed by atoms with Crippen LogP contribution in [0, 0.1) is 47.4 Å². The Balaban J connectivity index is 0.000000202. The first-order valence-corrected chi connectivity index (χ1v) is 45.1. The maximum absolute atomic E-state index is 13.8. The van der Waals surface area contributed by atoms with E-state index in [2.05, 4.69) is 147 Å². The number of benzene rings is 5. The van der Waals surface area contributed by atoms with Gasteiger partial charge in [-0.2, -0.15) is 0 Å². The van der Waals surface area contributed by atoms with Gasteiger partial charge in [-0.15, -0.1) is 0 Å². The number of likely N-dealkylation sites (tertiary alicyclic amines) is 3. The number of nitrogens with one attached hydrogen (secondary N) is 8. The SMILES string of the molecule is C(#Cc1cc2c(NC3CCNC3)ncnc2[nH]1)COc1ccccc1.C=CC(=O)Cl.C=CC(=O)N1CCC(Nc2ncnc3[nH]c(C#CCOc4ccccc4)cc23)C1.CC(C)(C)OC(=O)N1CCC(Nc2ncnc3[nH]c(C#CCOc4ccccc4)cc23)C1.CC(C)(C)OC(=O)N1CCC(Nc2ncnc3c2cc(C#CCOc2ccccc2)n3S(=O)(=O)c2ccccc2)C1.O=CO[O-].[H-].[K+].[K+]. The maximum Gasteiger partial charge on any atom is 1.00 e. The fourth-order valence-electron chi connectivity index (χ4n) is 14.1. The van der Waals surface area contributed by atoms with Crippen molar-refractivity contribution in [3.8, 4) is 70.4 Å². The Bertz CT molecular complexity index is 6650. The number of para-hydroxylation sites is 4. The second kappa shape index (κ2) is 53.9. The number of halogens is 1. The Morgan fingerprint density at radius 2 is 0.812 bits per heavy atom. The molecule has 4 unspecified atom stereocenters. The van der Waals surface area contributed by atoms with Crippen LogP contribution in [-0.4, -0.2) is 226 Å². The van der Waals surface area contributed by atoms with Crippen LogP contribution in [-0.2, 0) is 38.8 Å². The Kier molecular flexibility index (Phi) is 41.9. The molecule has 8 N–H and O–H groups in total. The molecule has 4 atom stereocenters. The molecule has 5 aromatic carbocycles. The first-order valence-electron chi connectivity index (χ1n) is 43.3. The van der Waals surface area contributed by atoms with Crippen LogP contribution in [0.2, 0.25) is 0 Å². The Labute approximate surface area is 890 Å². The number of carbonyl (C=O) groups is 5. The molecule has 8 aromatic heterocycles. The number of anilines is 4. The largest absolute Gasteiger partial charge is 1.00 e. The fraction of sp³-hybridized carbons (Fsp3) is 0.283. The molecule has 39 heteroatoms. The molecule has 13 aromatic rings. The third kappa shape index (κ3) is 33.0. The molecule has 4 aliphatic heterocycles. The number of H-pyrrole nitrogens is 3. The van der Waals surface area contributed by atoms with E-state index in [1.54, 1.807) is 45.3 Å². The van der Waals surface area contributed by atoms with Gasteiger partial charge in [0, 0.05) is 70.0 Å². The summed E-state index contributed by atoms with van der Waals surface area (Å²) in [6, 6.07) is 54.2. The predicted molar refractivity (Wildman–Crippen MR) is 516 cm³/mol. The molecule has 0 radical (unpaired) electrons. The second-order valence-electron chi connectivity index (χ2n) is 32.5. The monoisotopic (exact) mass is 1960 g/mol. The number of allylic oxidation sites excluding steroid dienone is 1. The summed E-state index contributed by atoms with van der Waals surface area (Å²) in [6.07, 6.45) is 11.1. The van der Waals surface area contributed by atoms with Crippen LogP contribution in [0.4, 0.5) is 32.9 Å². The predicted octanol–water partition coefficient (Wildman–Crippen LogP) is 6.57. The molecule has 0 aliphatic carbocycles. The molecular formula is C99H103ClK2N20O15S. The van der Waals surface area contributed by atoms with Crippen molar-refractivity contribution in [3.05, 3.63) is 249 Å². The van der Waals surface area contributed by atoms with Crippen molar-refractivity contribution in [2.75, 3.05) is 100 Å². The molecule has 3 amide bonds. The average Bonchev–Trinajstić information content (AvgIpc) is 1.60. The van der Waals surface area contributed by atoms with Crippen LogP contribution in [0.5, 0.6) is 23.0 Å². The minimum atomic E-state index is -4.04. The molecule has 138 heavy (non-hydrogen) atoms. The topological polar surface area (TPSA) is 432 Å². The summed E-state index contributed by atoms with van der Waals surface area (Å²) < 4.78 is 62.1. The van der Waals surface area contributed by atoms with E-state index in [0.717, 1.165) is 116 Å². The summed E-state index contributed by atoms with van der Waals surface area (Å²) in [4.78, 5) is 107. The molecule has 0 bridgehead atoms. The molecule has 4 aliphatic rings. The number of amides is 3. The van der Waals surface area contributed by atoms with Crippen LogP contribution in [0.3, 0.4) is 0 Å². The normalized spacial score (nSPS) is 14.9. The second-order valence-corrected chi connectivity index (χ2v) is 34.6. The van der Waals surface area contributed by atoms with Crippen LogP contribution >= 0.6 is 11.6 Å². The third-order valence-corrected chi connectivity index (χ3v) is 22.1. The van der Waals surface area contributed by atoms with Gasteiger partial charge in [0.1, 0.15) is 132 Å². The summed E-state index contributed by atoms with van der Waals surface area (Å²) in [5.74, 6) is 29.9. The van der Waals surface area contributed by atoms with Gasteiger partial charge in [0.15, 0.2) is 5.65 Å². The van der Waals surface area contributed by atoms with Crippen LogP contribution in [0.1, 0.15) is 91.4 Å². The number of ether oxygens (including phenoxy) is 6. The van der Waals surface area contributed by atoms with E-state index >= 15 is 0 Å². The molecule has 4 saturated heterocycles. The average molecular weight is 1960 g/mol. The summed E-state index contributed by atoms with van der Waals surface area (Å²) >= 11 is 4.71. The van der Waals surface area contributed by atoms with E-state index in [9.17, 15) is 27.6 Å². The summed E-state index contributed by atoms with van der Waals surface area (Å²) in [5.41, 5.74) is 3.83. The molecule has 0 saturated carbocycles. The zero-order valence-electron chi connectivity index (χ0n) is 78.6. The van der Waals surface area contributed by atoms with E-state index in [4.69, 9.17) is 50.1 Å². The number of nitrogens with zero attached hydrogens (tertiary/aromatic N) is 12. The van der Waals surface area contributed by atoms with E-state index in [-0.39, 0.29) is 170 Å². The number of fused-ring (bicyclic) bond motifs is 4. The molecule has 704 valence electrons. The standard InChI is InChI=1S/C30H31N5O5S.C24H27N5O3.C22H21N5O2.C19H19N5O.C3H3ClO.CH2O3.2K.H/c1-30(2,3)40-29(36)34-17-16-22(20-34)33-27-26-19-23(11-10-18-39-24-12-6-4-7-13-24)35(28(26)32-21-31-27)41(37,38)25-14-8-5-9-15-25;1-24(2,3)32-23(30)29-12-11-18(15-29)28-22-20-14-17(27-21(20)25-16-26-22)8-7-13-31-19-9-5-4-6-10-19;1-2-20(28)27-11-10-17(14-27)26-22-19-13-16(25-21(19)23-15-24-22)7-6-12-29-18-8-4-3-5-9-18;1-2-6-16(7-3-1)25-10-4-5-14-11-17-18(23-14)21-13-22-19(17)24-15-8-9-20-12-15;1-2-3(4)5;2-1-4-3;;;/h4-9,12-15,19,21-22H,16-18,20H2,1-3H3,(H,31,32,33);4-6,9-10,14,16,18H,11-13,15H2,1-3H3,(H2,25,26,27,28);2-5,8-9,13,15,17H,1,10-12,14H2,(H2,23,24,25,26);1-3,6-7,11,13,15,20H,8-10,12H2,(H2,21,22,23,24);2H,1H2;1,3H;;;/q;;;;;;2*+1;-1/p-1. The van der Waals surface area contributed by atoms with E-state index < -0.39 is 26.5 Å². The van der Waals surface area contributed by atoms with Crippen LogP contribution in [0.15, 0.2) is 231 Å². The van der Waals surface area contributed by atoms with Crippen LogP contribution < -0.4 is 154 Å². The maximum atomic E-state index is 13.8. The minimum Gasteiger partial charge on any atom is -1.00 e. The van der Waals surface area contributed by atoms with Gasteiger partial charge in [0.25, 0.3) is 16.5 Å². The van der Waals surface area contributed by atoms with Gasteiger partial charge in [0.2, 0.25) is 11.1 Å². The Hall–Kier alpha value is -12.7. The van der Waals surface area contributed by atoms with Crippen molar-refractivity contribution in [3.63, 3.8) is 0 Å². The first kappa shape index (κ1) is 107. The van der Waals surface area contributed by atoms with Gasteiger partial charge in [-0.05, 0) is 206 Å². The summed E-state index contributed by atoms with van der Waals surface area (Å²) in [7, 11) is -4.04. The van der Waals surface area contributed by atoms with Crippen molar-refractivity contribution in [1.82, 2.24) is 78.8 Å². The van der Waals surface area contributed by atoms with Crippen LogP contribution in [0.25, 0.3) is 44.1 Å². The van der Waals surface area contributed by atoms with Crippen molar-refractivity contribution in [1.29, 1.82) is 0 Å². The molecule has 35 nitrogen and oxygen atoms in total. The number of carbonyl (C=O) groups excluding carboxylic acids is 5.